The summed E-state index contributed by atoms with van der Waals surface area (Å²) in [5, 5.41) is 8.34. The van der Waals surface area contributed by atoms with E-state index in [4.69, 9.17) is 9.72 Å². The second-order valence-corrected chi connectivity index (χ2v) is 15.7. The molecule has 7 rings (SSSR count). The van der Waals surface area contributed by atoms with Crippen LogP contribution in [0.15, 0.2) is 114 Å². The number of urea groups is 1. The molecule has 6 aromatic rings. The molecule has 4 amide bonds. The molecule has 66 heavy (non-hydrogen) atoms. The van der Waals surface area contributed by atoms with E-state index in [0.29, 0.717) is 43.7 Å². The summed E-state index contributed by atoms with van der Waals surface area (Å²) in [5.74, 6) is 2.77. The third-order valence-corrected chi connectivity index (χ3v) is 11.1. The summed E-state index contributed by atoms with van der Waals surface area (Å²) in [5.41, 5.74) is 1.77. The van der Waals surface area contributed by atoms with Gasteiger partial charge in [-0.1, -0.05) is 78.6 Å². The number of imidazole rings is 1. The first-order valence-corrected chi connectivity index (χ1v) is 21.8. The van der Waals surface area contributed by atoms with Gasteiger partial charge in [0.15, 0.2) is 0 Å². The molecule has 0 unspecified atom stereocenters. The van der Waals surface area contributed by atoms with E-state index in [2.05, 4.69) is 27.8 Å². The zero-order valence-corrected chi connectivity index (χ0v) is 36.7. The van der Waals surface area contributed by atoms with Crippen molar-refractivity contribution in [2.45, 2.75) is 46.3 Å². The van der Waals surface area contributed by atoms with E-state index < -0.39 is 41.3 Å². The first-order valence-electron chi connectivity index (χ1n) is 21.8. The van der Waals surface area contributed by atoms with Crippen molar-refractivity contribution in [3.05, 3.63) is 159 Å². The SMILES string of the molecule is CCNC(=O)Nc1ccc(-c2nc3n(Cc4c(F)cccc4F)cc(C(=O)OCC)c(=O)n3c2CN(CC(=O)N2CCC(C(=O)NCC#Cc3ccccc3)CC2)Cc2ccccc2)cc1. The number of carbonyl (C=O) groups excluding carboxylic acids is 4. The van der Waals surface area contributed by atoms with E-state index in [-0.39, 0.29) is 73.2 Å². The van der Waals surface area contributed by atoms with Crippen molar-refractivity contribution < 1.29 is 32.7 Å². The molecular formula is C50H50F2N8O6. The lowest BCUT2D eigenvalue weighted by Crippen LogP contribution is -2.46. The normalized spacial score (nSPS) is 12.7. The van der Waals surface area contributed by atoms with Gasteiger partial charge in [-0.25, -0.2) is 27.8 Å². The van der Waals surface area contributed by atoms with Gasteiger partial charge in [-0.3, -0.25) is 19.3 Å². The number of ether oxygens (including phenoxy) is 1. The number of rotatable bonds is 15. The van der Waals surface area contributed by atoms with Crippen LogP contribution in [0.25, 0.3) is 17.0 Å². The zero-order valence-electron chi connectivity index (χ0n) is 36.7. The van der Waals surface area contributed by atoms with Crippen LogP contribution in [0.3, 0.4) is 0 Å². The van der Waals surface area contributed by atoms with Crippen molar-refractivity contribution in [1.29, 1.82) is 0 Å². The van der Waals surface area contributed by atoms with Crippen LogP contribution in [0.4, 0.5) is 19.3 Å². The minimum atomic E-state index is -0.942. The molecule has 1 saturated heterocycles. The molecule has 0 bridgehead atoms. The van der Waals surface area contributed by atoms with Crippen molar-refractivity contribution >= 4 is 35.3 Å². The van der Waals surface area contributed by atoms with Gasteiger partial charge in [0.05, 0.1) is 37.6 Å². The van der Waals surface area contributed by atoms with Crippen LogP contribution in [0, 0.1) is 29.4 Å². The summed E-state index contributed by atoms with van der Waals surface area (Å²) in [4.78, 5) is 76.2. The van der Waals surface area contributed by atoms with Gasteiger partial charge in [-0.15, -0.1) is 0 Å². The molecule has 0 radical (unpaired) electrons. The Hall–Kier alpha value is -7.64. The number of amides is 4. The number of aromatic nitrogens is 3. The van der Waals surface area contributed by atoms with Gasteiger partial charge >= 0.3 is 12.0 Å². The van der Waals surface area contributed by atoms with E-state index >= 15 is 8.78 Å². The minimum Gasteiger partial charge on any atom is -0.462 e. The first kappa shape index (κ1) is 46.4. The minimum absolute atomic E-state index is 0.0254. The maximum absolute atomic E-state index is 15.2. The molecule has 14 nitrogen and oxygen atoms in total. The van der Waals surface area contributed by atoms with Crippen molar-refractivity contribution in [3.63, 3.8) is 0 Å². The predicted molar refractivity (Wildman–Crippen MR) is 245 cm³/mol. The van der Waals surface area contributed by atoms with Gasteiger partial charge in [0.1, 0.15) is 17.2 Å². The van der Waals surface area contributed by atoms with Crippen LogP contribution in [-0.2, 0) is 34.0 Å². The molecule has 1 aliphatic heterocycles. The van der Waals surface area contributed by atoms with Crippen LogP contribution in [-0.4, -0.2) is 86.9 Å². The Bertz CT molecular complexity index is 2790. The number of piperidine rings is 1. The third kappa shape index (κ3) is 11.4. The third-order valence-electron chi connectivity index (χ3n) is 11.1. The zero-order chi connectivity index (χ0) is 46.6. The summed E-state index contributed by atoms with van der Waals surface area (Å²) in [6.07, 6.45) is 2.11. The molecule has 1 fully saturated rings. The van der Waals surface area contributed by atoms with Gasteiger partial charge in [0.25, 0.3) is 5.56 Å². The number of benzene rings is 4. The lowest BCUT2D eigenvalue weighted by Gasteiger charge is -2.33. The maximum Gasteiger partial charge on any atom is 0.345 e. The summed E-state index contributed by atoms with van der Waals surface area (Å²) < 4.78 is 38.3. The highest BCUT2D eigenvalue weighted by atomic mass is 19.1. The van der Waals surface area contributed by atoms with Crippen LogP contribution in [0.1, 0.15) is 59.4 Å². The van der Waals surface area contributed by atoms with Crippen LogP contribution in [0.5, 0.6) is 0 Å². The fourth-order valence-corrected chi connectivity index (χ4v) is 7.83. The molecule has 16 heteroatoms. The van der Waals surface area contributed by atoms with E-state index in [1.165, 1.54) is 21.2 Å². The smallest absolute Gasteiger partial charge is 0.345 e. The fraction of sp³-hybridized carbons (Fsp3) is 0.280. The number of hydrogen-bond donors (Lipinski definition) is 3. The van der Waals surface area contributed by atoms with Crippen LogP contribution >= 0.6 is 0 Å². The average molecular weight is 897 g/mol. The molecule has 0 aliphatic carbocycles. The van der Waals surface area contributed by atoms with Crippen molar-refractivity contribution in [2.24, 2.45) is 5.92 Å². The number of anilines is 1. The Balaban J connectivity index is 1.23. The number of carbonyl (C=O) groups is 4. The Kier molecular flexibility index (Phi) is 15.3. The van der Waals surface area contributed by atoms with E-state index in [1.54, 1.807) is 43.0 Å². The maximum atomic E-state index is 15.2. The standard InChI is InChI=1S/C50H50F2N8O6/c1-3-53-49(65)55-38-22-20-36(21-23-38)45-43(60-47(63)40(48(64)66-4-2)31-59(50(60)56-45)30-39-41(51)18-11-19-42(39)52)32-57(29-35-15-9-6-10-16-35)33-44(61)58-27-24-37(25-28-58)46(62)54-26-12-17-34-13-7-5-8-14-34/h5-11,13-16,18-23,31,37H,3-4,24-30,32-33H2,1-2H3,(H,54,62)(H2,53,55,65). The highest BCUT2D eigenvalue weighted by molar-refractivity contribution is 5.90. The quantitative estimate of drug-likeness (QED) is 0.0811. The number of fused-ring (bicyclic) bond motifs is 1. The predicted octanol–water partition coefficient (Wildman–Crippen LogP) is 6.22. The number of hydrogen-bond acceptors (Lipinski definition) is 8. The molecule has 4 aromatic carbocycles. The lowest BCUT2D eigenvalue weighted by atomic mass is 9.96. The Morgan fingerprint density at radius 1 is 0.848 bits per heavy atom. The van der Waals surface area contributed by atoms with Crippen molar-refractivity contribution in [3.8, 4) is 23.1 Å². The second kappa shape index (κ2) is 21.8. The van der Waals surface area contributed by atoms with Gasteiger partial charge < -0.3 is 30.2 Å². The molecule has 340 valence electrons. The van der Waals surface area contributed by atoms with Crippen LogP contribution < -0.4 is 21.5 Å². The Labute approximate surface area is 380 Å². The van der Waals surface area contributed by atoms with Crippen molar-refractivity contribution in [1.82, 2.24) is 34.4 Å². The van der Waals surface area contributed by atoms with Crippen LogP contribution in [0.2, 0.25) is 0 Å². The van der Waals surface area contributed by atoms with Gasteiger partial charge in [0.2, 0.25) is 17.6 Å². The van der Waals surface area contributed by atoms with E-state index in [9.17, 15) is 24.0 Å². The molecule has 1 aliphatic rings. The largest absolute Gasteiger partial charge is 0.462 e. The number of halogens is 2. The monoisotopic (exact) mass is 896 g/mol. The van der Waals surface area contributed by atoms with E-state index in [1.807, 2.05) is 65.6 Å². The fourth-order valence-electron chi connectivity index (χ4n) is 7.83. The second-order valence-electron chi connectivity index (χ2n) is 15.7. The molecule has 0 atom stereocenters. The molecule has 3 N–H and O–H groups in total. The number of nitrogens with zero attached hydrogens (tertiary/aromatic N) is 5. The summed E-state index contributed by atoms with van der Waals surface area (Å²) >= 11 is 0. The number of esters is 1. The number of likely N-dealkylation sites (tertiary alicyclic amines) is 1. The van der Waals surface area contributed by atoms with E-state index in [0.717, 1.165) is 23.3 Å². The molecule has 3 heterocycles. The van der Waals surface area contributed by atoms with Crippen molar-refractivity contribution in [2.75, 3.05) is 44.6 Å². The topological polar surface area (TPSA) is 159 Å². The Morgan fingerprint density at radius 2 is 1.53 bits per heavy atom. The lowest BCUT2D eigenvalue weighted by molar-refractivity contribution is -0.136. The highest BCUT2D eigenvalue weighted by Gasteiger charge is 2.30. The summed E-state index contributed by atoms with van der Waals surface area (Å²) in [6.45, 7) is 4.31. The summed E-state index contributed by atoms with van der Waals surface area (Å²) in [6, 6.07) is 28.7. The highest BCUT2D eigenvalue weighted by Crippen LogP contribution is 2.29. The molecule has 0 saturated carbocycles. The first-order chi connectivity index (χ1) is 32.0. The Morgan fingerprint density at radius 3 is 2.20 bits per heavy atom. The summed E-state index contributed by atoms with van der Waals surface area (Å²) in [7, 11) is 0. The molecule has 2 aromatic heterocycles. The average Bonchev–Trinajstić information content (AvgIpc) is 3.70. The van der Waals surface area contributed by atoms with Gasteiger partial charge in [-0.05, 0) is 68.7 Å². The molecular weight excluding hydrogens is 847 g/mol. The van der Waals surface area contributed by atoms with Gasteiger partial charge in [-0.2, -0.15) is 0 Å². The number of nitrogens with one attached hydrogen (secondary N) is 3. The van der Waals surface area contributed by atoms with Gasteiger partial charge in [0, 0.05) is 67.2 Å². The molecule has 0 spiro atoms.